The van der Waals surface area contributed by atoms with Gasteiger partial charge < -0.3 is 4.74 Å². The van der Waals surface area contributed by atoms with Gasteiger partial charge in [0.25, 0.3) is 0 Å². The average molecular weight is 259 g/mol. The number of hydrogen-bond acceptors (Lipinski definition) is 2. The average Bonchev–Trinajstić information content (AvgIpc) is 2.50. The minimum absolute atomic E-state index is 0.306. The molecule has 1 heterocycles. The molecule has 1 aliphatic rings. The zero-order valence-corrected chi connectivity index (χ0v) is 10.6. The molecule has 3 heteroatoms. The normalized spacial score (nSPS) is 13.3. The number of benzene rings is 2. The number of ether oxygens (including phenoxy) is 1. The molecule has 0 amide bonds. The Balaban J connectivity index is 2.34. The fraction of sp³-hybridized carbons (Fsp3) is 0.133. The van der Waals surface area contributed by atoms with Gasteiger partial charge in [0.15, 0.2) is 0 Å². The molecule has 0 saturated carbocycles. The topological polar surface area (TPSA) is 26.3 Å². The van der Waals surface area contributed by atoms with Crippen molar-refractivity contribution < 1.29 is 9.53 Å². The largest absolute Gasteiger partial charge is 0.457 e. The molecule has 1 aliphatic heterocycles. The minimum Gasteiger partial charge on any atom is -0.457 e. The van der Waals surface area contributed by atoms with Gasteiger partial charge in [0.05, 0.1) is 5.56 Å². The van der Waals surface area contributed by atoms with Crippen LogP contribution in [0, 0.1) is 6.92 Å². The molecule has 2 aromatic carbocycles. The van der Waals surface area contributed by atoms with E-state index in [0.717, 1.165) is 22.3 Å². The summed E-state index contributed by atoms with van der Waals surface area (Å²) in [6, 6.07) is 11.5. The van der Waals surface area contributed by atoms with Gasteiger partial charge in [-0.3, -0.25) is 0 Å². The second-order valence-electron chi connectivity index (χ2n) is 4.38. The monoisotopic (exact) mass is 258 g/mol. The first-order valence-electron chi connectivity index (χ1n) is 5.72. The molecule has 0 atom stereocenters. The van der Waals surface area contributed by atoms with Crippen LogP contribution in [0.1, 0.15) is 21.5 Å². The third kappa shape index (κ3) is 1.70. The second-order valence-corrected chi connectivity index (χ2v) is 4.79. The lowest BCUT2D eigenvalue weighted by molar-refractivity contribution is 0.0479. The summed E-state index contributed by atoms with van der Waals surface area (Å²) in [6.07, 6.45) is 0. The molecule has 0 fully saturated rings. The lowest BCUT2D eigenvalue weighted by Crippen LogP contribution is -2.03. The lowest BCUT2D eigenvalue weighted by atomic mass is 9.95. The standard InChI is InChI=1S/C15H11ClO2/c1-9-6-12-11-5-3-2-4-10(11)8-18-15(17)13(12)7-14(9)16/h2-7H,8H2,1H3. The van der Waals surface area contributed by atoms with E-state index in [9.17, 15) is 4.79 Å². The number of hydrogen-bond donors (Lipinski definition) is 0. The maximum Gasteiger partial charge on any atom is 0.339 e. The summed E-state index contributed by atoms with van der Waals surface area (Å²) in [7, 11) is 0. The molecular formula is C15H11ClO2. The fourth-order valence-corrected chi connectivity index (χ4v) is 2.37. The lowest BCUT2D eigenvalue weighted by Gasteiger charge is -2.09. The van der Waals surface area contributed by atoms with Crippen LogP contribution < -0.4 is 0 Å². The van der Waals surface area contributed by atoms with E-state index in [1.807, 2.05) is 37.3 Å². The van der Waals surface area contributed by atoms with Gasteiger partial charge in [0, 0.05) is 5.02 Å². The van der Waals surface area contributed by atoms with E-state index in [1.165, 1.54) is 0 Å². The van der Waals surface area contributed by atoms with Crippen molar-refractivity contribution in [1.82, 2.24) is 0 Å². The van der Waals surface area contributed by atoms with Crippen molar-refractivity contribution in [2.45, 2.75) is 13.5 Å². The maximum atomic E-state index is 12.0. The Morgan fingerprint density at radius 1 is 1.11 bits per heavy atom. The highest BCUT2D eigenvalue weighted by Crippen LogP contribution is 2.34. The van der Waals surface area contributed by atoms with Crippen molar-refractivity contribution in [2.75, 3.05) is 0 Å². The highest BCUT2D eigenvalue weighted by atomic mass is 35.5. The van der Waals surface area contributed by atoms with Crippen LogP contribution in [0.25, 0.3) is 11.1 Å². The number of carbonyl (C=O) groups is 1. The molecule has 90 valence electrons. The van der Waals surface area contributed by atoms with Crippen LogP contribution in [-0.2, 0) is 11.3 Å². The molecule has 2 nitrogen and oxygen atoms in total. The Morgan fingerprint density at radius 3 is 2.72 bits per heavy atom. The molecule has 0 radical (unpaired) electrons. The molecule has 0 bridgehead atoms. The highest BCUT2D eigenvalue weighted by Gasteiger charge is 2.22. The molecule has 0 unspecified atom stereocenters. The quantitative estimate of drug-likeness (QED) is 0.668. The fourth-order valence-electron chi connectivity index (χ4n) is 2.20. The summed E-state index contributed by atoms with van der Waals surface area (Å²) < 4.78 is 5.25. The van der Waals surface area contributed by atoms with E-state index >= 15 is 0 Å². The summed E-state index contributed by atoms with van der Waals surface area (Å²) in [6.45, 7) is 2.24. The molecular weight excluding hydrogens is 248 g/mol. The summed E-state index contributed by atoms with van der Waals surface area (Å²) >= 11 is 6.08. The van der Waals surface area contributed by atoms with E-state index in [1.54, 1.807) is 6.07 Å². The molecule has 0 saturated heterocycles. The van der Waals surface area contributed by atoms with Gasteiger partial charge in [0.1, 0.15) is 6.61 Å². The number of fused-ring (bicyclic) bond motifs is 3. The van der Waals surface area contributed by atoms with Crippen molar-refractivity contribution in [3.05, 3.63) is 58.1 Å². The zero-order chi connectivity index (χ0) is 12.7. The van der Waals surface area contributed by atoms with Gasteiger partial charge >= 0.3 is 5.97 Å². The van der Waals surface area contributed by atoms with E-state index < -0.39 is 0 Å². The third-order valence-electron chi connectivity index (χ3n) is 3.19. The Hall–Kier alpha value is -1.80. The van der Waals surface area contributed by atoms with Crippen molar-refractivity contribution in [3.63, 3.8) is 0 Å². The molecule has 18 heavy (non-hydrogen) atoms. The van der Waals surface area contributed by atoms with Gasteiger partial charge in [-0.25, -0.2) is 4.79 Å². The number of aryl methyl sites for hydroxylation is 1. The van der Waals surface area contributed by atoms with Crippen molar-refractivity contribution in [3.8, 4) is 11.1 Å². The van der Waals surface area contributed by atoms with E-state index in [0.29, 0.717) is 17.2 Å². The Bertz CT molecular complexity index is 647. The highest BCUT2D eigenvalue weighted by molar-refractivity contribution is 6.32. The third-order valence-corrected chi connectivity index (χ3v) is 3.59. The Kier molecular flexibility index (Phi) is 2.60. The van der Waals surface area contributed by atoms with E-state index in [2.05, 4.69) is 0 Å². The van der Waals surface area contributed by atoms with Crippen molar-refractivity contribution in [1.29, 1.82) is 0 Å². The molecule has 3 rings (SSSR count). The number of esters is 1. The first-order chi connectivity index (χ1) is 8.66. The molecule has 0 aliphatic carbocycles. The SMILES string of the molecule is Cc1cc2c(cc1Cl)C(=O)OCc1ccccc1-2. The molecule has 0 N–H and O–H groups in total. The van der Waals surface area contributed by atoms with Crippen LogP contribution in [0.15, 0.2) is 36.4 Å². The van der Waals surface area contributed by atoms with Gasteiger partial charge in [-0.15, -0.1) is 0 Å². The predicted octanol–water partition coefficient (Wildman–Crippen LogP) is 3.99. The summed E-state index contributed by atoms with van der Waals surface area (Å²) in [4.78, 5) is 12.0. The van der Waals surface area contributed by atoms with Crippen LogP contribution >= 0.6 is 11.6 Å². The number of rotatable bonds is 0. The number of carbonyl (C=O) groups excluding carboxylic acids is 1. The number of cyclic esters (lactones) is 1. The molecule has 2 aromatic rings. The van der Waals surface area contributed by atoms with Crippen molar-refractivity contribution >= 4 is 17.6 Å². The van der Waals surface area contributed by atoms with E-state index in [-0.39, 0.29) is 5.97 Å². The summed E-state index contributed by atoms with van der Waals surface area (Å²) in [5, 5.41) is 0.588. The van der Waals surface area contributed by atoms with Gasteiger partial charge in [-0.05, 0) is 41.3 Å². The van der Waals surface area contributed by atoms with E-state index in [4.69, 9.17) is 16.3 Å². The first-order valence-corrected chi connectivity index (χ1v) is 6.10. The maximum absolute atomic E-state index is 12.0. The number of halogens is 1. The molecule has 0 aromatic heterocycles. The van der Waals surface area contributed by atoms with Crippen LogP contribution in [0.3, 0.4) is 0 Å². The Labute approximate surface area is 110 Å². The van der Waals surface area contributed by atoms with Crippen LogP contribution in [-0.4, -0.2) is 5.97 Å². The van der Waals surface area contributed by atoms with Crippen molar-refractivity contribution in [2.24, 2.45) is 0 Å². The Morgan fingerprint density at radius 2 is 1.89 bits per heavy atom. The zero-order valence-electron chi connectivity index (χ0n) is 9.87. The summed E-state index contributed by atoms with van der Waals surface area (Å²) in [5.41, 5.74) is 4.45. The minimum atomic E-state index is -0.317. The van der Waals surface area contributed by atoms with Gasteiger partial charge in [-0.1, -0.05) is 35.9 Å². The summed E-state index contributed by atoms with van der Waals surface area (Å²) in [5.74, 6) is -0.317. The van der Waals surface area contributed by atoms with Crippen LogP contribution in [0.4, 0.5) is 0 Å². The van der Waals surface area contributed by atoms with Crippen LogP contribution in [0.2, 0.25) is 5.02 Å². The molecule has 0 spiro atoms. The predicted molar refractivity (Wildman–Crippen MR) is 70.7 cm³/mol. The smallest absolute Gasteiger partial charge is 0.339 e. The first kappa shape index (κ1) is 11.3. The van der Waals surface area contributed by atoms with Crippen LogP contribution in [0.5, 0.6) is 0 Å². The van der Waals surface area contributed by atoms with Gasteiger partial charge in [0.2, 0.25) is 0 Å². The van der Waals surface area contributed by atoms with Gasteiger partial charge in [-0.2, -0.15) is 0 Å². The second kappa shape index (κ2) is 4.14.